The number of nitrogens with zero attached hydrogens (tertiary/aromatic N) is 2. The minimum absolute atomic E-state index is 0.124. The monoisotopic (exact) mass is 452 g/mol. The van der Waals surface area contributed by atoms with E-state index in [1.165, 1.54) is 5.69 Å². The van der Waals surface area contributed by atoms with Crippen LogP contribution in [-0.4, -0.2) is 34.8 Å². The van der Waals surface area contributed by atoms with Crippen molar-refractivity contribution >= 4 is 22.6 Å². The lowest BCUT2D eigenvalue weighted by atomic mass is 9.83. The molecule has 2 aromatic rings. The quantitative estimate of drug-likeness (QED) is 0.729. The molecule has 1 aromatic carbocycles. The van der Waals surface area contributed by atoms with Crippen molar-refractivity contribution in [1.82, 2.24) is 9.47 Å². The molecule has 5 nitrogen and oxygen atoms in total. The van der Waals surface area contributed by atoms with Crippen LogP contribution in [0.5, 0.6) is 11.5 Å². The Kier molecular flexibility index (Phi) is 4.49. The topological polar surface area (TPSA) is 54.7 Å². The minimum Gasteiger partial charge on any atom is -0.504 e. The Morgan fingerprint density at radius 1 is 1.28 bits per heavy atom. The molecule has 2 bridgehead atoms. The van der Waals surface area contributed by atoms with Crippen molar-refractivity contribution in [2.75, 3.05) is 20.2 Å². The summed E-state index contributed by atoms with van der Waals surface area (Å²) in [5, 5.41) is 10.0. The van der Waals surface area contributed by atoms with Gasteiger partial charge in [0.2, 0.25) is 0 Å². The summed E-state index contributed by atoms with van der Waals surface area (Å²) in [5.74, 6) is 1.66. The second-order valence-electron chi connectivity index (χ2n) is 7.02. The summed E-state index contributed by atoms with van der Waals surface area (Å²) in [6.45, 7) is 3.60. The van der Waals surface area contributed by atoms with Gasteiger partial charge in [-0.2, -0.15) is 0 Å². The Morgan fingerprint density at radius 2 is 2.12 bits per heavy atom. The average Bonchev–Trinajstić information content (AvgIpc) is 2.59. The number of aromatic nitrogens is 1. The molecule has 2 atom stereocenters. The number of benzene rings is 1. The second-order valence-corrected chi connectivity index (χ2v) is 8.18. The number of phenols is 1. The van der Waals surface area contributed by atoms with Crippen molar-refractivity contribution in [2.45, 2.75) is 25.4 Å². The smallest absolute Gasteiger partial charge is 0.250 e. The molecular weight excluding hydrogens is 431 g/mol. The molecule has 25 heavy (non-hydrogen) atoms. The van der Waals surface area contributed by atoms with Gasteiger partial charge in [0.1, 0.15) is 0 Å². The number of ether oxygens (including phenoxy) is 1. The first-order chi connectivity index (χ1) is 12.0. The third-order valence-electron chi connectivity index (χ3n) is 5.27. The van der Waals surface area contributed by atoms with Gasteiger partial charge in [-0.15, -0.1) is 0 Å². The fraction of sp³-hybridized carbons (Fsp3) is 0.421. The Morgan fingerprint density at radius 3 is 2.92 bits per heavy atom. The van der Waals surface area contributed by atoms with E-state index in [2.05, 4.69) is 33.6 Å². The van der Waals surface area contributed by atoms with Gasteiger partial charge in [0.05, 0.1) is 10.7 Å². The van der Waals surface area contributed by atoms with Gasteiger partial charge in [-0.05, 0) is 58.7 Å². The number of phenolic OH excluding ortho intramolecular Hbond substituents is 1. The van der Waals surface area contributed by atoms with Gasteiger partial charge in [0.25, 0.3) is 5.56 Å². The standard InChI is InChI=1S/C19H21IN2O3/c1-25-17-7-12(6-15(20)19(17)24)8-21-9-13-5-14(11-21)16-3-2-4-18(23)22(16)10-13/h2-4,6-7,13-14,24H,5,8-11H2,1H3/t13-,14+/m0/s1. The number of aromatic hydroxyl groups is 1. The lowest BCUT2D eigenvalue weighted by Crippen LogP contribution is -2.46. The molecule has 2 aliphatic rings. The molecule has 0 unspecified atom stereocenters. The molecule has 1 saturated heterocycles. The number of rotatable bonds is 3. The second kappa shape index (κ2) is 6.64. The van der Waals surface area contributed by atoms with Crippen molar-refractivity contribution in [3.63, 3.8) is 0 Å². The maximum absolute atomic E-state index is 12.1. The first-order valence-electron chi connectivity index (χ1n) is 8.52. The number of halogens is 1. The number of fused-ring (bicyclic) bond motifs is 4. The molecule has 0 aliphatic carbocycles. The maximum Gasteiger partial charge on any atom is 0.250 e. The molecule has 1 fully saturated rings. The Hall–Kier alpha value is -1.54. The molecule has 2 aliphatic heterocycles. The van der Waals surface area contributed by atoms with Crippen LogP contribution in [0.15, 0.2) is 35.1 Å². The van der Waals surface area contributed by atoms with Crippen molar-refractivity contribution < 1.29 is 9.84 Å². The predicted octanol–water partition coefficient (Wildman–Crippen LogP) is 2.79. The van der Waals surface area contributed by atoms with Gasteiger partial charge in [0.15, 0.2) is 11.5 Å². The normalized spacial score (nSPS) is 22.5. The van der Waals surface area contributed by atoms with Crippen LogP contribution in [-0.2, 0) is 13.1 Å². The third-order valence-corrected chi connectivity index (χ3v) is 6.09. The SMILES string of the molecule is COc1cc(CN2C[C@@H]3C[C@H](C2)c2cccc(=O)n2C3)cc(I)c1O. The zero-order valence-electron chi connectivity index (χ0n) is 14.1. The average molecular weight is 452 g/mol. The first kappa shape index (κ1) is 16.9. The van der Waals surface area contributed by atoms with E-state index >= 15 is 0 Å². The Balaban J connectivity index is 1.57. The van der Waals surface area contributed by atoms with E-state index in [0.29, 0.717) is 17.6 Å². The highest BCUT2D eigenvalue weighted by molar-refractivity contribution is 14.1. The number of hydrogen-bond donors (Lipinski definition) is 1. The molecule has 132 valence electrons. The van der Waals surface area contributed by atoms with Crippen LogP contribution in [0, 0.1) is 9.49 Å². The summed E-state index contributed by atoms with van der Waals surface area (Å²) >= 11 is 2.14. The van der Waals surface area contributed by atoms with Crippen molar-refractivity contribution in [3.8, 4) is 11.5 Å². The van der Waals surface area contributed by atoms with Crippen molar-refractivity contribution in [3.05, 3.63) is 55.5 Å². The van der Waals surface area contributed by atoms with Gasteiger partial charge >= 0.3 is 0 Å². The van der Waals surface area contributed by atoms with E-state index in [-0.39, 0.29) is 11.3 Å². The molecular formula is C19H21IN2O3. The summed E-state index contributed by atoms with van der Waals surface area (Å²) in [4.78, 5) is 14.6. The highest BCUT2D eigenvalue weighted by atomic mass is 127. The van der Waals surface area contributed by atoms with Gasteiger partial charge in [-0.1, -0.05) is 6.07 Å². The summed E-state index contributed by atoms with van der Waals surface area (Å²) in [7, 11) is 1.58. The highest BCUT2D eigenvalue weighted by Crippen LogP contribution is 2.37. The number of pyridine rings is 1. The van der Waals surface area contributed by atoms with Gasteiger partial charge in [-0.25, -0.2) is 0 Å². The maximum atomic E-state index is 12.1. The van der Waals surface area contributed by atoms with E-state index in [0.717, 1.165) is 41.7 Å². The summed E-state index contributed by atoms with van der Waals surface area (Å²) in [6, 6.07) is 9.56. The van der Waals surface area contributed by atoms with E-state index < -0.39 is 0 Å². The van der Waals surface area contributed by atoms with Crippen LogP contribution in [0.4, 0.5) is 0 Å². The van der Waals surface area contributed by atoms with Crippen molar-refractivity contribution in [2.24, 2.45) is 5.92 Å². The molecule has 0 amide bonds. The fourth-order valence-corrected chi connectivity index (χ4v) is 4.92. The number of piperidine rings is 1. The highest BCUT2D eigenvalue weighted by Gasteiger charge is 2.34. The van der Waals surface area contributed by atoms with Crippen LogP contribution in [0.25, 0.3) is 0 Å². The minimum atomic E-state index is 0.124. The summed E-state index contributed by atoms with van der Waals surface area (Å²) < 4.78 is 8.05. The van der Waals surface area contributed by atoms with E-state index in [9.17, 15) is 9.90 Å². The molecule has 3 heterocycles. The Labute approximate surface area is 160 Å². The van der Waals surface area contributed by atoms with Gasteiger partial charge in [-0.3, -0.25) is 9.69 Å². The fourth-order valence-electron chi connectivity index (χ4n) is 4.26. The third kappa shape index (κ3) is 3.17. The van der Waals surface area contributed by atoms with Gasteiger partial charge < -0.3 is 14.4 Å². The summed E-state index contributed by atoms with van der Waals surface area (Å²) in [5.41, 5.74) is 2.44. The van der Waals surface area contributed by atoms with Gasteiger partial charge in [0, 0.05) is 43.9 Å². The van der Waals surface area contributed by atoms with E-state index in [4.69, 9.17) is 4.74 Å². The van der Waals surface area contributed by atoms with Crippen LogP contribution in [0.3, 0.4) is 0 Å². The lowest BCUT2D eigenvalue weighted by Gasteiger charge is -2.42. The van der Waals surface area contributed by atoms with E-state index in [1.807, 2.05) is 22.8 Å². The zero-order chi connectivity index (χ0) is 17.6. The van der Waals surface area contributed by atoms with E-state index in [1.54, 1.807) is 13.2 Å². The van der Waals surface area contributed by atoms with Crippen LogP contribution in [0.1, 0.15) is 23.6 Å². The largest absolute Gasteiger partial charge is 0.504 e. The molecule has 1 aromatic heterocycles. The number of methoxy groups -OCH3 is 1. The molecule has 1 N–H and O–H groups in total. The van der Waals surface area contributed by atoms with Crippen LogP contribution in [0.2, 0.25) is 0 Å². The summed E-state index contributed by atoms with van der Waals surface area (Å²) in [6.07, 6.45) is 1.16. The lowest BCUT2D eigenvalue weighted by molar-refractivity contribution is 0.114. The number of hydrogen-bond acceptors (Lipinski definition) is 4. The first-order valence-corrected chi connectivity index (χ1v) is 9.60. The molecule has 4 rings (SSSR count). The predicted molar refractivity (Wildman–Crippen MR) is 104 cm³/mol. The molecule has 0 spiro atoms. The number of likely N-dealkylation sites (tertiary alicyclic amines) is 1. The van der Waals surface area contributed by atoms with Crippen molar-refractivity contribution in [1.29, 1.82) is 0 Å². The van der Waals surface area contributed by atoms with Crippen LogP contribution < -0.4 is 10.3 Å². The molecule has 0 radical (unpaired) electrons. The molecule has 6 heteroatoms. The zero-order valence-corrected chi connectivity index (χ0v) is 16.3. The molecule has 0 saturated carbocycles. The Bertz CT molecular complexity index is 864. The van der Waals surface area contributed by atoms with Crippen LogP contribution >= 0.6 is 22.6 Å².